The Kier molecular flexibility index (Phi) is 6.27. The van der Waals surface area contributed by atoms with E-state index in [2.05, 4.69) is 45.4 Å². The van der Waals surface area contributed by atoms with Gasteiger partial charge in [-0.2, -0.15) is 11.3 Å². The van der Waals surface area contributed by atoms with Crippen molar-refractivity contribution in [3.8, 4) is 5.75 Å². The van der Waals surface area contributed by atoms with Crippen LogP contribution in [0.25, 0.3) is 0 Å². The Morgan fingerprint density at radius 2 is 2.09 bits per heavy atom. The highest BCUT2D eigenvalue weighted by Crippen LogP contribution is 2.17. The van der Waals surface area contributed by atoms with Crippen LogP contribution in [0.1, 0.15) is 18.1 Å². The number of thiophene rings is 1. The summed E-state index contributed by atoms with van der Waals surface area (Å²) in [4.78, 5) is 4.23. The molecule has 4 nitrogen and oxygen atoms in total. The van der Waals surface area contributed by atoms with E-state index in [0.717, 1.165) is 23.8 Å². The highest BCUT2D eigenvalue weighted by molar-refractivity contribution is 7.07. The number of rotatable bonds is 6. The van der Waals surface area contributed by atoms with Gasteiger partial charge in [0.05, 0.1) is 6.54 Å². The highest BCUT2D eigenvalue weighted by atomic mass is 32.1. The minimum absolute atomic E-state index is 0.0563. The maximum Gasteiger partial charge on any atom is 0.191 e. The van der Waals surface area contributed by atoms with Gasteiger partial charge in [-0.1, -0.05) is 18.2 Å². The van der Waals surface area contributed by atoms with Gasteiger partial charge in [-0.3, -0.25) is 4.99 Å². The van der Waals surface area contributed by atoms with Crippen molar-refractivity contribution in [2.24, 2.45) is 4.99 Å². The Morgan fingerprint density at radius 3 is 2.77 bits per heavy atom. The Morgan fingerprint density at radius 1 is 1.27 bits per heavy atom. The molecule has 1 heterocycles. The van der Waals surface area contributed by atoms with Crippen LogP contribution in [0.5, 0.6) is 5.75 Å². The number of aryl methyl sites for hydroxylation is 1. The van der Waals surface area contributed by atoms with E-state index < -0.39 is 0 Å². The maximum atomic E-state index is 5.95. The monoisotopic (exact) mass is 317 g/mol. The summed E-state index contributed by atoms with van der Waals surface area (Å²) >= 11 is 1.70. The van der Waals surface area contributed by atoms with E-state index >= 15 is 0 Å². The molecular weight excluding hydrogens is 294 g/mol. The second-order valence-corrected chi connectivity index (χ2v) is 5.91. The number of ether oxygens (including phenoxy) is 1. The summed E-state index contributed by atoms with van der Waals surface area (Å²) in [5.74, 6) is 1.71. The summed E-state index contributed by atoms with van der Waals surface area (Å²) < 4.78 is 5.95. The summed E-state index contributed by atoms with van der Waals surface area (Å²) in [6, 6.07) is 10.2. The molecule has 118 valence electrons. The number of aliphatic imine (C=N–C) groups is 1. The molecule has 0 aliphatic rings. The SMILES string of the molecule is CN=C(NCc1ccsc1)NCC(C)Oc1ccccc1C. The van der Waals surface area contributed by atoms with Gasteiger partial charge < -0.3 is 15.4 Å². The zero-order chi connectivity index (χ0) is 15.8. The van der Waals surface area contributed by atoms with Crippen LogP contribution in [0.2, 0.25) is 0 Å². The lowest BCUT2D eigenvalue weighted by molar-refractivity contribution is 0.222. The smallest absolute Gasteiger partial charge is 0.191 e. The Bertz CT molecular complexity index is 596. The second-order valence-electron chi connectivity index (χ2n) is 5.13. The zero-order valence-corrected chi connectivity index (χ0v) is 14.1. The van der Waals surface area contributed by atoms with Crippen molar-refractivity contribution in [1.82, 2.24) is 10.6 Å². The van der Waals surface area contributed by atoms with Crippen LogP contribution in [0.3, 0.4) is 0 Å². The fourth-order valence-electron chi connectivity index (χ4n) is 1.99. The normalized spacial score (nSPS) is 12.8. The van der Waals surface area contributed by atoms with Gasteiger partial charge in [0.15, 0.2) is 5.96 Å². The van der Waals surface area contributed by atoms with Gasteiger partial charge in [-0.25, -0.2) is 0 Å². The number of hydrogen-bond donors (Lipinski definition) is 2. The van der Waals surface area contributed by atoms with Gasteiger partial charge >= 0.3 is 0 Å². The van der Waals surface area contributed by atoms with Gasteiger partial charge in [0, 0.05) is 13.6 Å². The molecule has 0 amide bonds. The van der Waals surface area contributed by atoms with E-state index in [4.69, 9.17) is 4.74 Å². The summed E-state index contributed by atoms with van der Waals surface area (Å²) in [6.45, 7) is 5.57. The van der Waals surface area contributed by atoms with Gasteiger partial charge in [0.25, 0.3) is 0 Å². The predicted octanol–water partition coefficient (Wildman–Crippen LogP) is 3.19. The molecule has 0 fully saturated rings. The number of nitrogens with one attached hydrogen (secondary N) is 2. The molecule has 0 aliphatic heterocycles. The van der Waals surface area contributed by atoms with E-state index in [1.807, 2.05) is 25.1 Å². The highest BCUT2D eigenvalue weighted by Gasteiger charge is 2.07. The minimum Gasteiger partial charge on any atom is -0.489 e. The quantitative estimate of drug-likeness (QED) is 0.635. The first-order valence-corrected chi connectivity index (χ1v) is 8.31. The van der Waals surface area contributed by atoms with E-state index in [1.54, 1.807) is 18.4 Å². The molecule has 0 aliphatic carbocycles. The molecular formula is C17H23N3OS. The molecule has 1 unspecified atom stereocenters. The second kappa shape index (κ2) is 8.44. The fraction of sp³-hybridized carbons (Fsp3) is 0.353. The molecule has 2 rings (SSSR count). The van der Waals surface area contributed by atoms with E-state index in [0.29, 0.717) is 6.54 Å². The Balaban J connectivity index is 1.76. The number of nitrogens with zero attached hydrogens (tertiary/aromatic N) is 1. The van der Waals surface area contributed by atoms with Gasteiger partial charge in [-0.15, -0.1) is 0 Å². The van der Waals surface area contributed by atoms with Crippen molar-refractivity contribution >= 4 is 17.3 Å². The van der Waals surface area contributed by atoms with E-state index in [9.17, 15) is 0 Å². The molecule has 22 heavy (non-hydrogen) atoms. The Labute approximate surface area is 136 Å². The third kappa shape index (κ3) is 5.07. The lowest BCUT2D eigenvalue weighted by Gasteiger charge is -2.18. The minimum atomic E-state index is 0.0563. The number of benzene rings is 1. The van der Waals surface area contributed by atoms with Crippen molar-refractivity contribution in [3.05, 3.63) is 52.2 Å². The molecule has 0 radical (unpaired) electrons. The van der Waals surface area contributed by atoms with Crippen LogP contribution >= 0.6 is 11.3 Å². The van der Waals surface area contributed by atoms with E-state index in [-0.39, 0.29) is 6.10 Å². The molecule has 0 spiro atoms. The summed E-state index contributed by atoms with van der Waals surface area (Å²) in [7, 11) is 1.77. The fourth-order valence-corrected chi connectivity index (χ4v) is 2.66. The van der Waals surface area contributed by atoms with Gasteiger partial charge in [0.1, 0.15) is 11.9 Å². The van der Waals surface area contributed by atoms with Crippen molar-refractivity contribution in [3.63, 3.8) is 0 Å². The summed E-state index contributed by atoms with van der Waals surface area (Å²) in [5, 5.41) is 10.8. The van der Waals surface area contributed by atoms with Crippen LogP contribution < -0.4 is 15.4 Å². The number of guanidine groups is 1. The first-order valence-electron chi connectivity index (χ1n) is 7.37. The van der Waals surface area contributed by atoms with Crippen molar-refractivity contribution in [1.29, 1.82) is 0 Å². The third-order valence-electron chi connectivity index (χ3n) is 3.24. The van der Waals surface area contributed by atoms with E-state index in [1.165, 1.54) is 5.56 Å². The molecule has 1 aromatic heterocycles. The van der Waals surface area contributed by atoms with Crippen LogP contribution in [-0.4, -0.2) is 25.7 Å². The first-order chi connectivity index (χ1) is 10.7. The zero-order valence-electron chi connectivity index (χ0n) is 13.3. The van der Waals surface area contributed by atoms with Crippen LogP contribution in [0, 0.1) is 6.92 Å². The molecule has 2 aromatic rings. The number of hydrogen-bond acceptors (Lipinski definition) is 3. The van der Waals surface area contributed by atoms with Crippen LogP contribution in [0.4, 0.5) is 0 Å². The van der Waals surface area contributed by atoms with Crippen molar-refractivity contribution < 1.29 is 4.74 Å². The molecule has 0 saturated carbocycles. The lowest BCUT2D eigenvalue weighted by atomic mass is 10.2. The van der Waals surface area contributed by atoms with Gasteiger partial charge in [0.2, 0.25) is 0 Å². The summed E-state index contributed by atoms with van der Waals surface area (Å²) in [6.07, 6.45) is 0.0563. The largest absolute Gasteiger partial charge is 0.489 e. The van der Waals surface area contributed by atoms with Crippen molar-refractivity contribution in [2.45, 2.75) is 26.5 Å². The maximum absolute atomic E-state index is 5.95. The van der Waals surface area contributed by atoms with Gasteiger partial charge in [-0.05, 0) is 47.9 Å². The average molecular weight is 317 g/mol. The molecule has 2 N–H and O–H groups in total. The van der Waals surface area contributed by atoms with Crippen LogP contribution in [-0.2, 0) is 6.54 Å². The molecule has 5 heteroatoms. The summed E-state index contributed by atoms with van der Waals surface area (Å²) in [5.41, 5.74) is 2.41. The lowest BCUT2D eigenvalue weighted by Crippen LogP contribution is -2.41. The van der Waals surface area contributed by atoms with Crippen molar-refractivity contribution in [2.75, 3.05) is 13.6 Å². The molecule has 1 atom stereocenters. The topological polar surface area (TPSA) is 45.7 Å². The first kappa shape index (κ1) is 16.4. The Hall–Kier alpha value is -2.01. The molecule has 0 saturated heterocycles. The molecule has 1 aromatic carbocycles. The number of para-hydroxylation sites is 1. The molecule has 0 bridgehead atoms. The predicted molar refractivity (Wildman–Crippen MR) is 93.8 cm³/mol. The third-order valence-corrected chi connectivity index (χ3v) is 3.97. The standard InChI is InChI=1S/C17H23N3OS/c1-13-6-4-5-7-16(13)21-14(2)10-19-17(18-3)20-11-15-8-9-22-12-15/h4-9,12,14H,10-11H2,1-3H3,(H2,18,19,20). The van der Waals surface area contributed by atoms with Crippen LogP contribution in [0.15, 0.2) is 46.1 Å². The average Bonchev–Trinajstić information content (AvgIpc) is 3.03.